The van der Waals surface area contributed by atoms with Crippen molar-refractivity contribution < 1.29 is 32.3 Å². The number of hydrogen-bond donors (Lipinski definition) is 1. The van der Waals surface area contributed by atoms with Crippen molar-refractivity contribution in [3.05, 3.63) is 59.2 Å². The van der Waals surface area contributed by atoms with Gasteiger partial charge in [0.2, 0.25) is 5.91 Å². The van der Waals surface area contributed by atoms with Crippen molar-refractivity contribution in [2.45, 2.75) is 13.3 Å². The standard InChI is InChI=1S/C18H13F3N2O4/c1-10-2-7-13-14(8-10)17(26)23(16(13)25)9-15(24)22-11-3-5-12(6-4-11)27-18(19,20)21/h2-8H,9H2,1H3,(H,22,24). The zero-order valence-corrected chi connectivity index (χ0v) is 14.0. The van der Waals surface area contributed by atoms with E-state index in [4.69, 9.17) is 0 Å². The average Bonchev–Trinajstić information content (AvgIpc) is 2.80. The lowest BCUT2D eigenvalue weighted by atomic mass is 10.1. The number of benzene rings is 2. The molecule has 140 valence electrons. The fraction of sp³-hybridized carbons (Fsp3) is 0.167. The number of nitrogens with one attached hydrogen (secondary N) is 1. The number of halogens is 3. The highest BCUT2D eigenvalue weighted by molar-refractivity contribution is 6.22. The summed E-state index contributed by atoms with van der Waals surface area (Å²) in [5, 5.41) is 2.42. The van der Waals surface area contributed by atoms with Gasteiger partial charge in [-0.05, 0) is 43.3 Å². The van der Waals surface area contributed by atoms with Gasteiger partial charge in [-0.3, -0.25) is 19.3 Å². The maximum Gasteiger partial charge on any atom is 0.573 e. The molecule has 0 unspecified atom stereocenters. The van der Waals surface area contributed by atoms with E-state index in [2.05, 4.69) is 10.1 Å². The summed E-state index contributed by atoms with van der Waals surface area (Å²) in [5.74, 6) is -2.23. The molecule has 0 saturated heterocycles. The predicted molar refractivity (Wildman–Crippen MR) is 88.3 cm³/mol. The van der Waals surface area contributed by atoms with Crippen molar-refractivity contribution >= 4 is 23.4 Å². The molecular formula is C18H13F3N2O4. The number of amides is 3. The van der Waals surface area contributed by atoms with Crippen LogP contribution in [0, 0.1) is 6.92 Å². The summed E-state index contributed by atoms with van der Waals surface area (Å²) in [6.07, 6.45) is -4.81. The van der Waals surface area contributed by atoms with E-state index in [0.717, 1.165) is 22.6 Å². The molecule has 0 saturated carbocycles. The molecule has 2 aromatic rings. The number of rotatable bonds is 4. The molecule has 0 aromatic heterocycles. The molecule has 1 aliphatic rings. The van der Waals surface area contributed by atoms with Gasteiger partial charge in [-0.2, -0.15) is 0 Å². The van der Waals surface area contributed by atoms with Crippen LogP contribution < -0.4 is 10.1 Å². The number of carbonyl (C=O) groups excluding carboxylic acids is 3. The molecule has 0 spiro atoms. The fourth-order valence-corrected chi connectivity index (χ4v) is 2.63. The Hall–Kier alpha value is -3.36. The molecular weight excluding hydrogens is 365 g/mol. The number of anilines is 1. The quantitative estimate of drug-likeness (QED) is 0.830. The van der Waals surface area contributed by atoms with Crippen LogP contribution in [0.1, 0.15) is 26.3 Å². The van der Waals surface area contributed by atoms with Crippen LogP contribution >= 0.6 is 0 Å². The second-order valence-electron chi connectivity index (χ2n) is 5.87. The number of fused-ring (bicyclic) bond motifs is 1. The van der Waals surface area contributed by atoms with Gasteiger partial charge in [0.15, 0.2) is 0 Å². The lowest BCUT2D eigenvalue weighted by molar-refractivity contribution is -0.274. The molecule has 1 aliphatic heterocycles. The molecule has 2 aromatic carbocycles. The zero-order chi connectivity index (χ0) is 19.8. The fourth-order valence-electron chi connectivity index (χ4n) is 2.63. The van der Waals surface area contributed by atoms with Crippen molar-refractivity contribution in [1.29, 1.82) is 0 Å². The minimum Gasteiger partial charge on any atom is -0.406 e. The molecule has 9 heteroatoms. The lowest BCUT2D eigenvalue weighted by Crippen LogP contribution is -2.37. The van der Waals surface area contributed by atoms with E-state index in [9.17, 15) is 27.6 Å². The summed E-state index contributed by atoms with van der Waals surface area (Å²) >= 11 is 0. The Morgan fingerprint density at radius 1 is 1.04 bits per heavy atom. The van der Waals surface area contributed by atoms with Crippen LogP contribution in [0.2, 0.25) is 0 Å². The van der Waals surface area contributed by atoms with Crippen LogP contribution in [0.3, 0.4) is 0 Å². The zero-order valence-electron chi connectivity index (χ0n) is 14.0. The highest BCUT2D eigenvalue weighted by Crippen LogP contribution is 2.25. The number of nitrogens with zero attached hydrogens (tertiary/aromatic N) is 1. The molecule has 0 atom stereocenters. The van der Waals surface area contributed by atoms with E-state index in [1.165, 1.54) is 18.2 Å². The van der Waals surface area contributed by atoms with Crippen molar-refractivity contribution in [3.8, 4) is 5.75 Å². The van der Waals surface area contributed by atoms with Gasteiger partial charge in [0.25, 0.3) is 11.8 Å². The summed E-state index contributed by atoms with van der Waals surface area (Å²) in [7, 11) is 0. The van der Waals surface area contributed by atoms with Crippen molar-refractivity contribution in [2.24, 2.45) is 0 Å². The van der Waals surface area contributed by atoms with E-state index >= 15 is 0 Å². The number of imide groups is 1. The summed E-state index contributed by atoms with van der Waals surface area (Å²) in [4.78, 5) is 37.6. The Labute approximate surface area is 151 Å². The number of aryl methyl sites for hydroxylation is 1. The van der Waals surface area contributed by atoms with E-state index in [-0.39, 0.29) is 16.8 Å². The van der Waals surface area contributed by atoms with Gasteiger partial charge in [0, 0.05) is 5.69 Å². The van der Waals surface area contributed by atoms with Crippen molar-refractivity contribution in [2.75, 3.05) is 11.9 Å². The minimum absolute atomic E-state index is 0.196. The van der Waals surface area contributed by atoms with Gasteiger partial charge in [0.1, 0.15) is 12.3 Å². The highest BCUT2D eigenvalue weighted by Gasteiger charge is 2.36. The van der Waals surface area contributed by atoms with Gasteiger partial charge < -0.3 is 10.1 Å². The summed E-state index contributed by atoms with van der Waals surface area (Å²) < 4.78 is 40.1. The molecule has 0 fully saturated rings. The topological polar surface area (TPSA) is 75.7 Å². The highest BCUT2D eigenvalue weighted by atomic mass is 19.4. The maximum atomic E-state index is 12.3. The number of alkyl halides is 3. The summed E-state index contributed by atoms with van der Waals surface area (Å²) in [6.45, 7) is 1.27. The molecule has 3 amide bonds. The Balaban J connectivity index is 1.65. The van der Waals surface area contributed by atoms with Crippen molar-refractivity contribution in [1.82, 2.24) is 4.90 Å². The third-order valence-electron chi connectivity index (χ3n) is 3.80. The lowest BCUT2D eigenvalue weighted by Gasteiger charge is -2.14. The Bertz CT molecular complexity index is 923. The maximum absolute atomic E-state index is 12.3. The second kappa shape index (κ2) is 6.75. The monoisotopic (exact) mass is 378 g/mol. The van der Waals surface area contributed by atoms with Gasteiger partial charge in [-0.1, -0.05) is 11.6 Å². The second-order valence-corrected chi connectivity index (χ2v) is 5.87. The van der Waals surface area contributed by atoms with Crippen LogP contribution in [0.25, 0.3) is 0 Å². The summed E-state index contributed by atoms with van der Waals surface area (Å²) in [6, 6.07) is 9.30. The van der Waals surface area contributed by atoms with Gasteiger partial charge in [-0.15, -0.1) is 13.2 Å². The first-order valence-corrected chi connectivity index (χ1v) is 7.76. The Kier molecular flexibility index (Phi) is 4.61. The first-order chi connectivity index (χ1) is 12.6. The van der Waals surface area contributed by atoms with Crippen LogP contribution in [0.4, 0.5) is 18.9 Å². The Morgan fingerprint density at radius 2 is 1.67 bits per heavy atom. The minimum atomic E-state index is -4.81. The van der Waals surface area contributed by atoms with Crippen LogP contribution in [-0.4, -0.2) is 35.5 Å². The largest absolute Gasteiger partial charge is 0.573 e. The molecule has 27 heavy (non-hydrogen) atoms. The molecule has 1 heterocycles. The third-order valence-corrected chi connectivity index (χ3v) is 3.80. The van der Waals surface area contributed by atoms with Crippen LogP contribution in [0.5, 0.6) is 5.75 Å². The van der Waals surface area contributed by atoms with E-state index in [1.807, 2.05) is 0 Å². The van der Waals surface area contributed by atoms with Gasteiger partial charge in [-0.25, -0.2) is 0 Å². The third kappa shape index (κ3) is 4.08. The van der Waals surface area contributed by atoms with E-state index in [1.54, 1.807) is 19.1 Å². The molecule has 3 rings (SSSR count). The van der Waals surface area contributed by atoms with E-state index < -0.39 is 36.4 Å². The number of ether oxygens (including phenoxy) is 1. The van der Waals surface area contributed by atoms with Crippen LogP contribution in [-0.2, 0) is 4.79 Å². The molecule has 6 nitrogen and oxygen atoms in total. The van der Waals surface area contributed by atoms with Gasteiger partial charge >= 0.3 is 6.36 Å². The molecule has 0 aliphatic carbocycles. The van der Waals surface area contributed by atoms with E-state index in [0.29, 0.717) is 0 Å². The SMILES string of the molecule is Cc1ccc2c(c1)C(=O)N(CC(=O)Nc1ccc(OC(F)(F)F)cc1)C2=O. The normalized spacial score (nSPS) is 13.6. The Morgan fingerprint density at radius 3 is 2.30 bits per heavy atom. The van der Waals surface area contributed by atoms with Crippen LogP contribution in [0.15, 0.2) is 42.5 Å². The average molecular weight is 378 g/mol. The summed E-state index contributed by atoms with van der Waals surface area (Å²) in [5.41, 5.74) is 1.47. The number of carbonyl (C=O) groups is 3. The van der Waals surface area contributed by atoms with Crippen molar-refractivity contribution in [3.63, 3.8) is 0 Å². The predicted octanol–water partition coefficient (Wildman–Crippen LogP) is 3.13. The molecule has 0 bridgehead atoms. The smallest absolute Gasteiger partial charge is 0.406 e. The molecule has 0 radical (unpaired) electrons. The van der Waals surface area contributed by atoms with Gasteiger partial charge in [0.05, 0.1) is 11.1 Å². The number of hydrogen-bond acceptors (Lipinski definition) is 4. The first kappa shape index (κ1) is 18.4. The molecule has 1 N–H and O–H groups in total. The first-order valence-electron chi connectivity index (χ1n) is 7.76.